The molecule has 1 N–H and O–H groups in total. The summed E-state index contributed by atoms with van der Waals surface area (Å²) in [5.74, 6) is 1.41. The molecule has 0 saturated carbocycles. The first-order valence-corrected chi connectivity index (χ1v) is 11.5. The highest BCUT2D eigenvalue weighted by Crippen LogP contribution is 2.25. The summed E-state index contributed by atoms with van der Waals surface area (Å²) < 4.78 is 7.14. The summed E-state index contributed by atoms with van der Waals surface area (Å²) in [6.45, 7) is 8.88. The van der Waals surface area contributed by atoms with E-state index in [1.165, 1.54) is 5.69 Å². The number of benzene rings is 2. The number of methoxy groups -OCH3 is 1. The van der Waals surface area contributed by atoms with E-state index in [1.807, 2.05) is 47.0 Å². The Morgan fingerprint density at radius 1 is 0.879 bits per heavy atom. The van der Waals surface area contributed by atoms with Crippen LogP contribution in [0.15, 0.2) is 66.7 Å². The van der Waals surface area contributed by atoms with Crippen LogP contribution in [0, 0.1) is 0 Å². The molecule has 170 valence electrons. The van der Waals surface area contributed by atoms with Gasteiger partial charge in [0.25, 0.3) is 0 Å². The highest BCUT2D eigenvalue weighted by Gasteiger charge is 2.19. The van der Waals surface area contributed by atoms with E-state index in [4.69, 9.17) is 9.84 Å². The van der Waals surface area contributed by atoms with Gasteiger partial charge in [0.1, 0.15) is 5.75 Å². The minimum Gasteiger partial charge on any atom is -0.497 e. The molecule has 1 fully saturated rings. The van der Waals surface area contributed by atoms with Crippen molar-refractivity contribution in [3.05, 3.63) is 66.7 Å². The first kappa shape index (κ1) is 21.3. The fraction of sp³-hybridized carbons (Fsp3) is 0.308. The van der Waals surface area contributed by atoms with Crippen LogP contribution in [0.4, 0.5) is 17.3 Å². The van der Waals surface area contributed by atoms with Crippen molar-refractivity contribution in [3.8, 4) is 17.0 Å². The lowest BCUT2D eigenvalue weighted by Crippen LogP contribution is -2.48. The minimum atomic E-state index is 0.578. The van der Waals surface area contributed by atoms with Crippen molar-refractivity contribution in [2.45, 2.75) is 19.9 Å². The Morgan fingerprint density at radius 3 is 2.27 bits per heavy atom. The van der Waals surface area contributed by atoms with Crippen LogP contribution in [-0.2, 0) is 0 Å². The van der Waals surface area contributed by atoms with Crippen LogP contribution in [0.1, 0.15) is 13.8 Å². The van der Waals surface area contributed by atoms with Gasteiger partial charge in [-0.2, -0.15) is 4.98 Å². The van der Waals surface area contributed by atoms with Crippen LogP contribution >= 0.6 is 0 Å². The number of fused-ring (bicyclic) bond motifs is 1. The molecule has 0 radical (unpaired) electrons. The summed E-state index contributed by atoms with van der Waals surface area (Å²) in [7, 11) is 1.67. The summed E-state index contributed by atoms with van der Waals surface area (Å²) in [5.41, 5.74) is 5.06. The number of nitrogens with zero attached hydrogens (tertiary/aromatic N) is 5. The third-order valence-electron chi connectivity index (χ3n) is 6.28. The molecule has 3 heterocycles. The average Bonchev–Trinajstić information content (AvgIpc) is 3.27. The Balaban J connectivity index is 1.31. The molecule has 1 aliphatic rings. The molecule has 0 unspecified atom stereocenters. The first-order valence-electron chi connectivity index (χ1n) is 11.5. The maximum Gasteiger partial charge on any atom is 0.247 e. The standard InChI is InChI=1S/C26H30N6O/c1-19(2)30-15-17-31(18-16-30)22-11-9-21(10-12-22)27-26-28-25-6-4-5-24(32(25)29-26)20-7-13-23(33-3)14-8-20/h4-14,19H,15-18H2,1-3H3,(H,27,29). The van der Waals surface area contributed by atoms with Gasteiger partial charge in [-0.1, -0.05) is 6.07 Å². The molecule has 4 aromatic rings. The van der Waals surface area contributed by atoms with Crippen LogP contribution in [0.5, 0.6) is 5.75 Å². The van der Waals surface area contributed by atoms with Crippen LogP contribution < -0.4 is 15.0 Å². The van der Waals surface area contributed by atoms with Gasteiger partial charge in [0.15, 0.2) is 5.65 Å². The van der Waals surface area contributed by atoms with E-state index < -0.39 is 0 Å². The quantitative estimate of drug-likeness (QED) is 0.468. The summed E-state index contributed by atoms with van der Waals surface area (Å²) in [4.78, 5) is 9.65. The molecule has 0 bridgehead atoms. The van der Waals surface area contributed by atoms with Crippen LogP contribution in [-0.4, -0.2) is 58.8 Å². The number of piperazine rings is 1. The number of anilines is 3. The lowest BCUT2D eigenvalue weighted by Gasteiger charge is -2.38. The molecule has 0 atom stereocenters. The molecule has 5 rings (SSSR count). The second kappa shape index (κ2) is 9.11. The number of pyridine rings is 1. The summed E-state index contributed by atoms with van der Waals surface area (Å²) >= 11 is 0. The average molecular weight is 443 g/mol. The van der Waals surface area contributed by atoms with E-state index in [1.54, 1.807) is 7.11 Å². The molecule has 1 saturated heterocycles. The van der Waals surface area contributed by atoms with Crippen molar-refractivity contribution >= 4 is 23.0 Å². The Bertz CT molecular complexity index is 1210. The predicted octanol–water partition coefficient (Wildman–Crippen LogP) is 4.68. The third-order valence-corrected chi connectivity index (χ3v) is 6.28. The fourth-order valence-electron chi connectivity index (χ4n) is 4.32. The summed E-state index contributed by atoms with van der Waals surface area (Å²) in [6.07, 6.45) is 0. The smallest absolute Gasteiger partial charge is 0.247 e. The van der Waals surface area contributed by atoms with Gasteiger partial charge in [-0.05, 0) is 74.5 Å². The largest absolute Gasteiger partial charge is 0.497 e. The van der Waals surface area contributed by atoms with Gasteiger partial charge < -0.3 is 15.0 Å². The second-order valence-electron chi connectivity index (χ2n) is 8.63. The molecule has 2 aromatic carbocycles. The Kier molecular flexibility index (Phi) is 5.88. The molecule has 0 amide bonds. The maximum absolute atomic E-state index is 5.27. The van der Waals surface area contributed by atoms with E-state index in [2.05, 4.69) is 58.2 Å². The lowest BCUT2D eigenvalue weighted by molar-refractivity contribution is 0.209. The van der Waals surface area contributed by atoms with Crippen molar-refractivity contribution in [1.82, 2.24) is 19.5 Å². The van der Waals surface area contributed by atoms with E-state index in [9.17, 15) is 0 Å². The van der Waals surface area contributed by atoms with E-state index in [0.29, 0.717) is 12.0 Å². The number of hydrogen-bond acceptors (Lipinski definition) is 6. The second-order valence-corrected chi connectivity index (χ2v) is 8.63. The molecule has 0 spiro atoms. The molecule has 1 aliphatic heterocycles. The minimum absolute atomic E-state index is 0.578. The van der Waals surface area contributed by atoms with Gasteiger partial charge in [0.2, 0.25) is 5.95 Å². The molecule has 0 aliphatic carbocycles. The van der Waals surface area contributed by atoms with Crippen molar-refractivity contribution in [3.63, 3.8) is 0 Å². The monoisotopic (exact) mass is 442 g/mol. The topological polar surface area (TPSA) is 57.9 Å². The number of aromatic nitrogens is 3. The van der Waals surface area contributed by atoms with Crippen molar-refractivity contribution < 1.29 is 4.74 Å². The van der Waals surface area contributed by atoms with Gasteiger partial charge >= 0.3 is 0 Å². The summed E-state index contributed by atoms with van der Waals surface area (Å²) in [5, 5.41) is 8.06. The van der Waals surface area contributed by atoms with E-state index in [0.717, 1.165) is 54.5 Å². The Hall–Kier alpha value is -3.58. The normalized spacial score (nSPS) is 14.7. The van der Waals surface area contributed by atoms with Gasteiger partial charge in [0, 0.05) is 49.2 Å². The number of rotatable bonds is 6. The van der Waals surface area contributed by atoms with Crippen LogP contribution in [0.25, 0.3) is 16.9 Å². The zero-order valence-corrected chi connectivity index (χ0v) is 19.4. The summed E-state index contributed by atoms with van der Waals surface area (Å²) in [6, 6.07) is 23.1. The van der Waals surface area contributed by atoms with Crippen molar-refractivity contribution in [2.75, 3.05) is 43.5 Å². The maximum atomic E-state index is 5.27. The molecular formula is C26H30N6O. The van der Waals surface area contributed by atoms with E-state index >= 15 is 0 Å². The zero-order valence-electron chi connectivity index (χ0n) is 19.4. The van der Waals surface area contributed by atoms with Crippen LogP contribution in [0.2, 0.25) is 0 Å². The zero-order chi connectivity index (χ0) is 22.8. The lowest BCUT2D eigenvalue weighted by atomic mass is 10.1. The SMILES string of the molecule is COc1ccc(-c2cccc3nc(Nc4ccc(N5CCN(C(C)C)CC5)cc4)nn23)cc1. The third kappa shape index (κ3) is 4.50. The highest BCUT2D eigenvalue weighted by atomic mass is 16.5. The first-order chi connectivity index (χ1) is 16.1. The number of ether oxygens (including phenoxy) is 1. The molecule has 2 aromatic heterocycles. The van der Waals surface area contributed by atoms with Crippen molar-refractivity contribution in [2.24, 2.45) is 0 Å². The van der Waals surface area contributed by atoms with Gasteiger partial charge in [-0.15, -0.1) is 5.10 Å². The van der Waals surface area contributed by atoms with Crippen LogP contribution in [0.3, 0.4) is 0 Å². The van der Waals surface area contributed by atoms with Gasteiger partial charge in [-0.25, -0.2) is 4.52 Å². The fourth-order valence-corrected chi connectivity index (χ4v) is 4.32. The van der Waals surface area contributed by atoms with Gasteiger partial charge in [0.05, 0.1) is 12.8 Å². The Labute approximate surface area is 194 Å². The number of hydrogen-bond donors (Lipinski definition) is 1. The molecular weight excluding hydrogens is 412 g/mol. The molecule has 7 heteroatoms. The molecule has 7 nitrogen and oxygen atoms in total. The number of nitrogens with one attached hydrogen (secondary N) is 1. The Morgan fingerprint density at radius 2 is 1.61 bits per heavy atom. The highest BCUT2D eigenvalue weighted by molar-refractivity contribution is 5.66. The van der Waals surface area contributed by atoms with Crippen molar-refractivity contribution in [1.29, 1.82) is 0 Å². The van der Waals surface area contributed by atoms with Gasteiger partial charge in [-0.3, -0.25) is 4.90 Å². The predicted molar refractivity (Wildman–Crippen MR) is 134 cm³/mol. The van der Waals surface area contributed by atoms with E-state index in [-0.39, 0.29) is 0 Å². The molecule has 33 heavy (non-hydrogen) atoms.